The van der Waals surface area contributed by atoms with E-state index >= 15 is 0 Å². The molecule has 0 saturated carbocycles. The first-order chi connectivity index (χ1) is 8.06. The van der Waals surface area contributed by atoms with E-state index in [-0.39, 0.29) is 0 Å². The topological polar surface area (TPSA) is 12.0 Å². The van der Waals surface area contributed by atoms with Crippen LogP contribution in [-0.4, -0.2) is 0 Å². The summed E-state index contributed by atoms with van der Waals surface area (Å²) in [6, 6.07) is 5.67. The third kappa shape index (κ3) is 3.61. The van der Waals surface area contributed by atoms with Crippen molar-refractivity contribution in [3.05, 3.63) is 47.4 Å². The molecule has 0 bridgehead atoms. The Bertz CT molecular complexity index is 519. The SMILES string of the molecule is Clc1csc(CNc2c(Br)cc(Cl)cc2Br)c1. The Morgan fingerprint density at radius 2 is 1.71 bits per heavy atom. The zero-order chi connectivity index (χ0) is 12.4. The first-order valence-electron chi connectivity index (χ1n) is 4.67. The molecule has 0 aliphatic heterocycles. The summed E-state index contributed by atoms with van der Waals surface area (Å²) in [5.41, 5.74) is 0.985. The minimum absolute atomic E-state index is 0.688. The summed E-state index contributed by atoms with van der Waals surface area (Å²) in [4.78, 5) is 1.18. The van der Waals surface area contributed by atoms with Crippen molar-refractivity contribution >= 4 is 72.1 Å². The van der Waals surface area contributed by atoms with E-state index in [1.54, 1.807) is 11.3 Å². The zero-order valence-electron chi connectivity index (χ0n) is 8.44. The lowest BCUT2D eigenvalue weighted by Crippen LogP contribution is -1.99. The molecular weight excluding hydrogens is 409 g/mol. The van der Waals surface area contributed by atoms with Crippen molar-refractivity contribution in [2.75, 3.05) is 5.32 Å². The van der Waals surface area contributed by atoms with E-state index in [1.165, 1.54) is 4.88 Å². The first-order valence-corrected chi connectivity index (χ1v) is 7.90. The highest BCUT2D eigenvalue weighted by molar-refractivity contribution is 9.11. The van der Waals surface area contributed by atoms with Gasteiger partial charge < -0.3 is 5.32 Å². The minimum atomic E-state index is 0.688. The average molecular weight is 416 g/mol. The molecule has 0 fully saturated rings. The van der Waals surface area contributed by atoms with E-state index in [1.807, 2.05) is 23.6 Å². The molecule has 2 rings (SSSR count). The Hall–Kier alpha value is 0.260. The quantitative estimate of drug-likeness (QED) is 0.630. The lowest BCUT2D eigenvalue weighted by molar-refractivity contribution is 1.18. The maximum atomic E-state index is 5.94. The summed E-state index contributed by atoms with van der Waals surface area (Å²) in [5, 5.41) is 6.73. The molecule has 1 nitrogen and oxygen atoms in total. The van der Waals surface area contributed by atoms with E-state index in [2.05, 4.69) is 37.2 Å². The Kier molecular flexibility index (Phi) is 4.78. The summed E-state index contributed by atoms with van der Waals surface area (Å²) in [6.07, 6.45) is 0. The van der Waals surface area contributed by atoms with Gasteiger partial charge in [-0.25, -0.2) is 0 Å². The number of rotatable bonds is 3. The summed E-state index contributed by atoms with van der Waals surface area (Å²) in [6.45, 7) is 0.732. The predicted octanol–water partition coefficient (Wildman–Crippen LogP) is 6.19. The van der Waals surface area contributed by atoms with Crippen LogP contribution in [0.2, 0.25) is 10.0 Å². The van der Waals surface area contributed by atoms with Crippen molar-refractivity contribution in [3.8, 4) is 0 Å². The van der Waals surface area contributed by atoms with E-state index in [0.29, 0.717) is 5.02 Å². The van der Waals surface area contributed by atoms with Gasteiger partial charge in [0.25, 0.3) is 0 Å². The van der Waals surface area contributed by atoms with Crippen LogP contribution in [0.25, 0.3) is 0 Å². The van der Waals surface area contributed by atoms with Gasteiger partial charge in [0.2, 0.25) is 0 Å². The number of anilines is 1. The van der Waals surface area contributed by atoms with Crippen LogP contribution >= 0.6 is 66.4 Å². The molecule has 2 aromatic rings. The van der Waals surface area contributed by atoms with Gasteiger partial charge in [0, 0.05) is 30.8 Å². The van der Waals surface area contributed by atoms with Gasteiger partial charge in [-0.15, -0.1) is 11.3 Å². The Morgan fingerprint density at radius 1 is 1.06 bits per heavy atom. The molecule has 0 unspecified atom stereocenters. The zero-order valence-corrected chi connectivity index (χ0v) is 13.9. The lowest BCUT2D eigenvalue weighted by atomic mass is 10.3. The number of thiophene rings is 1. The molecule has 1 aromatic heterocycles. The van der Waals surface area contributed by atoms with Gasteiger partial charge in [-0.2, -0.15) is 0 Å². The largest absolute Gasteiger partial charge is 0.378 e. The first kappa shape index (κ1) is 13.7. The maximum absolute atomic E-state index is 5.94. The second-order valence-electron chi connectivity index (χ2n) is 3.33. The number of hydrogen-bond donors (Lipinski definition) is 1. The van der Waals surface area contributed by atoms with Gasteiger partial charge in [-0.1, -0.05) is 23.2 Å². The van der Waals surface area contributed by atoms with Crippen LogP contribution in [0.15, 0.2) is 32.5 Å². The van der Waals surface area contributed by atoms with E-state index in [0.717, 1.165) is 26.2 Å². The molecule has 0 amide bonds. The van der Waals surface area contributed by atoms with Gasteiger partial charge in [0.1, 0.15) is 0 Å². The van der Waals surface area contributed by atoms with E-state index in [4.69, 9.17) is 23.2 Å². The molecule has 1 heterocycles. The fourth-order valence-corrected chi connectivity index (χ4v) is 4.29. The minimum Gasteiger partial charge on any atom is -0.378 e. The second-order valence-corrected chi connectivity index (χ2v) is 6.91. The summed E-state index contributed by atoms with van der Waals surface area (Å²) in [5.74, 6) is 0. The smallest absolute Gasteiger partial charge is 0.0633 e. The average Bonchev–Trinajstić information content (AvgIpc) is 2.62. The fourth-order valence-electron chi connectivity index (χ4n) is 1.33. The molecule has 0 radical (unpaired) electrons. The van der Waals surface area contributed by atoms with Crippen LogP contribution in [0.5, 0.6) is 0 Å². The highest BCUT2D eigenvalue weighted by Gasteiger charge is 2.07. The monoisotopic (exact) mass is 413 g/mol. The predicted molar refractivity (Wildman–Crippen MR) is 83.5 cm³/mol. The molecule has 0 aliphatic rings. The van der Waals surface area contributed by atoms with Crippen LogP contribution in [0.3, 0.4) is 0 Å². The highest BCUT2D eigenvalue weighted by atomic mass is 79.9. The third-order valence-electron chi connectivity index (χ3n) is 2.07. The molecule has 0 spiro atoms. The van der Waals surface area contributed by atoms with Crippen LogP contribution in [0.1, 0.15) is 4.88 Å². The molecule has 90 valence electrons. The van der Waals surface area contributed by atoms with Crippen molar-refractivity contribution in [3.63, 3.8) is 0 Å². The number of hydrogen-bond acceptors (Lipinski definition) is 2. The Balaban J connectivity index is 2.14. The Labute approximate surface area is 130 Å². The molecule has 0 saturated heterocycles. The van der Waals surface area contributed by atoms with Gasteiger partial charge in [0.15, 0.2) is 0 Å². The van der Waals surface area contributed by atoms with Crippen molar-refractivity contribution in [1.82, 2.24) is 0 Å². The van der Waals surface area contributed by atoms with Gasteiger partial charge >= 0.3 is 0 Å². The second kappa shape index (κ2) is 5.93. The van der Waals surface area contributed by atoms with Crippen LogP contribution in [0.4, 0.5) is 5.69 Å². The van der Waals surface area contributed by atoms with Crippen LogP contribution < -0.4 is 5.32 Å². The van der Waals surface area contributed by atoms with E-state index in [9.17, 15) is 0 Å². The van der Waals surface area contributed by atoms with E-state index < -0.39 is 0 Å². The van der Waals surface area contributed by atoms with Crippen LogP contribution in [-0.2, 0) is 6.54 Å². The van der Waals surface area contributed by atoms with Crippen molar-refractivity contribution in [2.45, 2.75) is 6.54 Å². The lowest BCUT2D eigenvalue weighted by Gasteiger charge is -2.10. The summed E-state index contributed by atoms with van der Waals surface area (Å²) < 4.78 is 1.86. The molecule has 0 atom stereocenters. The summed E-state index contributed by atoms with van der Waals surface area (Å²) >= 11 is 20.4. The Morgan fingerprint density at radius 3 is 2.24 bits per heavy atom. The highest BCUT2D eigenvalue weighted by Crippen LogP contribution is 2.34. The molecule has 1 aromatic carbocycles. The fraction of sp³-hybridized carbons (Fsp3) is 0.0909. The number of benzene rings is 1. The van der Waals surface area contributed by atoms with Gasteiger partial charge in [-0.05, 0) is 50.1 Å². The van der Waals surface area contributed by atoms with Crippen molar-refractivity contribution in [2.24, 2.45) is 0 Å². The molecule has 17 heavy (non-hydrogen) atoms. The van der Waals surface area contributed by atoms with Gasteiger partial charge in [-0.3, -0.25) is 0 Å². The third-order valence-corrected chi connectivity index (χ3v) is 4.82. The number of nitrogens with one attached hydrogen (secondary N) is 1. The maximum Gasteiger partial charge on any atom is 0.0633 e. The molecule has 0 aliphatic carbocycles. The molecule has 6 heteroatoms. The summed E-state index contributed by atoms with van der Waals surface area (Å²) in [7, 11) is 0. The molecular formula is C11H7Br2Cl2NS. The van der Waals surface area contributed by atoms with Crippen molar-refractivity contribution < 1.29 is 0 Å². The number of halogens is 4. The van der Waals surface area contributed by atoms with Gasteiger partial charge in [0.05, 0.1) is 10.7 Å². The molecule has 1 N–H and O–H groups in total. The normalized spacial score (nSPS) is 10.6. The van der Waals surface area contributed by atoms with Crippen LogP contribution in [0, 0.1) is 0 Å². The van der Waals surface area contributed by atoms with Crippen molar-refractivity contribution in [1.29, 1.82) is 0 Å². The standard InChI is InChI=1S/C11H7Br2Cl2NS/c12-9-2-6(14)3-10(13)11(9)16-4-8-1-7(15)5-17-8/h1-3,5,16H,4H2.